The van der Waals surface area contributed by atoms with Crippen molar-refractivity contribution in [3.63, 3.8) is 0 Å². The van der Waals surface area contributed by atoms with Crippen LogP contribution in [0.1, 0.15) is 27.2 Å². The first-order valence-corrected chi connectivity index (χ1v) is 5.49. The number of hydrogen-bond donors (Lipinski definition) is 2. The van der Waals surface area contributed by atoms with Crippen molar-refractivity contribution in [2.75, 3.05) is 33.4 Å². The maximum Gasteiger partial charge on any atom is 0.0963 e. The van der Waals surface area contributed by atoms with Gasteiger partial charge in [0.15, 0.2) is 0 Å². The normalized spacial score (nSPS) is 12.1. The van der Waals surface area contributed by atoms with Crippen LogP contribution < -0.4 is 5.73 Å². The molecule has 4 heteroatoms. The van der Waals surface area contributed by atoms with Crippen molar-refractivity contribution >= 4 is 5.84 Å². The molecule has 0 spiro atoms. The van der Waals surface area contributed by atoms with Crippen molar-refractivity contribution in [2.24, 2.45) is 11.1 Å². The zero-order valence-electron chi connectivity index (χ0n) is 10.5. The fourth-order valence-electron chi connectivity index (χ4n) is 1.22. The van der Waals surface area contributed by atoms with Crippen LogP contribution in [0, 0.1) is 10.8 Å². The lowest BCUT2D eigenvalue weighted by atomic mass is 9.88. The van der Waals surface area contributed by atoms with Crippen molar-refractivity contribution < 1.29 is 4.74 Å². The summed E-state index contributed by atoms with van der Waals surface area (Å²) in [6.07, 6.45) is 0.917. The first-order chi connectivity index (χ1) is 6.94. The number of nitrogens with one attached hydrogen (secondary N) is 1. The number of nitrogens with two attached hydrogens (primary N) is 1. The minimum atomic E-state index is -0.194. The van der Waals surface area contributed by atoms with E-state index in [1.165, 1.54) is 0 Å². The third kappa shape index (κ3) is 5.74. The van der Waals surface area contributed by atoms with Gasteiger partial charge < -0.3 is 15.4 Å². The lowest BCUT2D eigenvalue weighted by molar-refractivity contribution is 0.145. The Morgan fingerprint density at radius 1 is 1.40 bits per heavy atom. The SMILES string of the molecule is CCN(CCOC)CCC(C)(C)C(=N)N. The van der Waals surface area contributed by atoms with Gasteiger partial charge in [0.25, 0.3) is 0 Å². The number of rotatable bonds is 8. The highest BCUT2D eigenvalue weighted by Crippen LogP contribution is 2.19. The highest BCUT2D eigenvalue weighted by Gasteiger charge is 2.21. The molecular weight excluding hydrogens is 190 g/mol. The summed E-state index contributed by atoms with van der Waals surface area (Å²) in [5, 5.41) is 7.47. The minimum Gasteiger partial charge on any atom is -0.387 e. The first-order valence-electron chi connectivity index (χ1n) is 5.49. The van der Waals surface area contributed by atoms with E-state index in [1.54, 1.807) is 7.11 Å². The van der Waals surface area contributed by atoms with E-state index in [2.05, 4.69) is 11.8 Å². The third-order valence-corrected chi connectivity index (χ3v) is 2.84. The van der Waals surface area contributed by atoms with Crippen LogP contribution in [0.4, 0.5) is 0 Å². The molecule has 0 aliphatic rings. The lowest BCUT2D eigenvalue weighted by Gasteiger charge is -2.27. The molecule has 0 bridgehead atoms. The summed E-state index contributed by atoms with van der Waals surface area (Å²) in [7, 11) is 1.72. The van der Waals surface area contributed by atoms with Gasteiger partial charge in [0.2, 0.25) is 0 Å². The molecule has 15 heavy (non-hydrogen) atoms. The first kappa shape index (κ1) is 14.4. The number of ether oxygens (including phenoxy) is 1. The summed E-state index contributed by atoms with van der Waals surface area (Å²) in [5.41, 5.74) is 5.34. The predicted molar refractivity (Wildman–Crippen MR) is 64.3 cm³/mol. The van der Waals surface area contributed by atoms with Gasteiger partial charge in [0, 0.05) is 19.1 Å². The van der Waals surface area contributed by atoms with Crippen molar-refractivity contribution in [3.05, 3.63) is 0 Å². The van der Waals surface area contributed by atoms with Gasteiger partial charge in [0.1, 0.15) is 0 Å². The van der Waals surface area contributed by atoms with Gasteiger partial charge in [-0.25, -0.2) is 0 Å². The van der Waals surface area contributed by atoms with Crippen LogP contribution in [0.3, 0.4) is 0 Å². The molecule has 4 nitrogen and oxygen atoms in total. The third-order valence-electron chi connectivity index (χ3n) is 2.84. The quantitative estimate of drug-likeness (QED) is 0.474. The van der Waals surface area contributed by atoms with Crippen LogP contribution in [0.15, 0.2) is 0 Å². The van der Waals surface area contributed by atoms with Crippen LogP contribution in [0.5, 0.6) is 0 Å². The summed E-state index contributed by atoms with van der Waals surface area (Å²) < 4.78 is 5.04. The van der Waals surface area contributed by atoms with Gasteiger partial charge in [0.05, 0.1) is 12.4 Å². The summed E-state index contributed by atoms with van der Waals surface area (Å²) >= 11 is 0. The maximum absolute atomic E-state index is 7.47. The topological polar surface area (TPSA) is 62.3 Å². The Hall–Kier alpha value is -0.610. The highest BCUT2D eigenvalue weighted by atomic mass is 16.5. The van der Waals surface area contributed by atoms with Crippen LogP contribution in [0.2, 0.25) is 0 Å². The second-order valence-electron chi connectivity index (χ2n) is 4.47. The van der Waals surface area contributed by atoms with Gasteiger partial charge in [-0.2, -0.15) is 0 Å². The molecule has 0 amide bonds. The minimum absolute atomic E-state index is 0.194. The molecule has 0 aliphatic carbocycles. The van der Waals surface area contributed by atoms with E-state index in [0.29, 0.717) is 0 Å². The van der Waals surface area contributed by atoms with Crippen LogP contribution in [-0.2, 0) is 4.74 Å². The molecule has 0 fully saturated rings. The Morgan fingerprint density at radius 2 is 2.00 bits per heavy atom. The van der Waals surface area contributed by atoms with E-state index < -0.39 is 0 Å². The summed E-state index contributed by atoms with van der Waals surface area (Å²) in [4.78, 5) is 2.31. The highest BCUT2D eigenvalue weighted by molar-refractivity contribution is 5.82. The van der Waals surface area contributed by atoms with Crippen molar-refractivity contribution in [1.82, 2.24) is 4.90 Å². The molecule has 3 N–H and O–H groups in total. The molecule has 0 saturated carbocycles. The molecule has 0 atom stereocenters. The average molecular weight is 215 g/mol. The number of amidine groups is 1. The molecule has 0 rings (SSSR count). The molecule has 0 heterocycles. The van der Waals surface area contributed by atoms with E-state index in [-0.39, 0.29) is 11.3 Å². The van der Waals surface area contributed by atoms with E-state index in [4.69, 9.17) is 15.9 Å². The molecular formula is C11H25N3O. The van der Waals surface area contributed by atoms with E-state index in [9.17, 15) is 0 Å². The second-order valence-corrected chi connectivity index (χ2v) is 4.47. The van der Waals surface area contributed by atoms with E-state index in [0.717, 1.165) is 32.7 Å². The molecule has 0 saturated heterocycles. The molecule has 0 aromatic carbocycles. The second kappa shape index (κ2) is 6.80. The smallest absolute Gasteiger partial charge is 0.0963 e. The number of methoxy groups -OCH3 is 1. The largest absolute Gasteiger partial charge is 0.387 e. The fraction of sp³-hybridized carbons (Fsp3) is 0.909. The number of likely N-dealkylation sites (N-methyl/N-ethyl adjacent to an activating group) is 1. The molecule has 0 aromatic heterocycles. The molecule has 0 radical (unpaired) electrons. The Kier molecular flexibility index (Phi) is 6.52. The van der Waals surface area contributed by atoms with Crippen molar-refractivity contribution in [1.29, 1.82) is 5.41 Å². The van der Waals surface area contributed by atoms with Crippen molar-refractivity contribution in [2.45, 2.75) is 27.2 Å². The molecule has 0 aromatic rings. The Labute approximate surface area is 93.3 Å². The van der Waals surface area contributed by atoms with Gasteiger partial charge in [-0.05, 0) is 19.5 Å². The summed E-state index contributed by atoms with van der Waals surface area (Å²) in [6.45, 7) is 9.84. The van der Waals surface area contributed by atoms with Gasteiger partial charge in [-0.15, -0.1) is 0 Å². The van der Waals surface area contributed by atoms with Crippen LogP contribution in [0.25, 0.3) is 0 Å². The zero-order valence-corrected chi connectivity index (χ0v) is 10.5. The van der Waals surface area contributed by atoms with E-state index in [1.807, 2.05) is 13.8 Å². The monoisotopic (exact) mass is 215 g/mol. The van der Waals surface area contributed by atoms with Gasteiger partial charge in [-0.3, -0.25) is 5.41 Å². The lowest BCUT2D eigenvalue weighted by Crippen LogP contribution is -2.36. The Bertz CT molecular complexity index is 192. The summed E-state index contributed by atoms with van der Waals surface area (Å²) in [6, 6.07) is 0. The molecule has 90 valence electrons. The molecule has 0 unspecified atom stereocenters. The summed E-state index contributed by atoms with van der Waals surface area (Å²) in [5.74, 6) is 0.269. The zero-order chi connectivity index (χ0) is 11.9. The van der Waals surface area contributed by atoms with Crippen LogP contribution >= 0.6 is 0 Å². The fourth-order valence-corrected chi connectivity index (χ4v) is 1.22. The number of hydrogen-bond acceptors (Lipinski definition) is 3. The van der Waals surface area contributed by atoms with Gasteiger partial charge in [-0.1, -0.05) is 20.8 Å². The standard InChI is InChI=1S/C11H25N3O/c1-5-14(8-9-15-4)7-6-11(2,3)10(12)13/h5-9H2,1-4H3,(H3,12,13). The average Bonchev–Trinajstić information content (AvgIpc) is 2.18. The molecule has 0 aliphatic heterocycles. The van der Waals surface area contributed by atoms with Gasteiger partial charge >= 0.3 is 0 Å². The Morgan fingerprint density at radius 3 is 2.40 bits per heavy atom. The van der Waals surface area contributed by atoms with Crippen molar-refractivity contribution in [3.8, 4) is 0 Å². The van der Waals surface area contributed by atoms with E-state index >= 15 is 0 Å². The Balaban J connectivity index is 3.94. The van der Waals surface area contributed by atoms with Crippen LogP contribution in [-0.4, -0.2) is 44.1 Å². The number of nitrogens with zero attached hydrogens (tertiary/aromatic N) is 1. The predicted octanol–water partition coefficient (Wildman–Crippen LogP) is 1.31. The maximum atomic E-state index is 7.47.